The lowest BCUT2D eigenvalue weighted by Gasteiger charge is -2.25. The normalized spacial score (nSPS) is 12.0. The molecule has 18 heavy (non-hydrogen) atoms. The smallest absolute Gasteiger partial charge is 0.143 e. The molecule has 2 N–H and O–H groups in total. The molecule has 0 aromatic carbocycles. The topological polar surface area (TPSA) is 52.9 Å². The van der Waals surface area contributed by atoms with E-state index in [4.69, 9.17) is 14.9 Å². The van der Waals surface area contributed by atoms with Gasteiger partial charge in [0.1, 0.15) is 6.79 Å². The Morgan fingerprint density at radius 1 is 1.06 bits per heavy atom. The Kier molecular flexibility index (Phi) is 37.6. The molecule has 0 spiro atoms. The summed E-state index contributed by atoms with van der Waals surface area (Å²) in [5.74, 6) is 0. The highest BCUT2D eigenvalue weighted by Gasteiger charge is 2.13. The minimum atomic E-state index is -0.176. The predicted octanol–water partition coefficient (Wildman–Crippen LogP) is 2.73. The molecule has 0 heterocycles. The fraction of sp³-hybridized carbons (Fsp3) is 1.00. The maximum absolute atomic E-state index is 8.53. The third kappa shape index (κ3) is 21.2. The van der Waals surface area contributed by atoms with Gasteiger partial charge in [-0.2, -0.15) is 0 Å². The number of hydrogen-bond donors (Lipinski definition) is 2. The van der Waals surface area contributed by atoms with Crippen LogP contribution in [0.1, 0.15) is 54.4 Å². The largest absolute Gasteiger partial charge is 0.400 e. The van der Waals surface area contributed by atoms with Crippen LogP contribution in [0.2, 0.25) is 0 Å². The van der Waals surface area contributed by atoms with E-state index in [-0.39, 0.29) is 12.9 Å². The molecule has 0 saturated carbocycles. The van der Waals surface area contributed by atoms with E-state index < -0.39 is 0 Å². The number of nitrogens with zero attached hydrogens (tertiary/aromatic N) is 1. The molecule has 0 amide bonds. The van der Waals surface area contributed by atoms with Crippen LogP contribution in [0.5, 0.6) is 0 Å². The molecular weight excluding hydrogens is 230 g/mol. The summed E-state index contributed by atoms with van der Waals surface area (Å²) in [7, 11) is 5.14. The first kappa shape index (κ1) is 26.4. The number of aliphatic hydroxyl groups excluding tert-OH is 2. The van der Waals surface area contributed by atoms with Gasteiger partial charge in [-0.1, -0.05) is 34.6 Å². The van der Waals surface area contributed by atoms with Crippen molar-refractivity contribution in [2.75, 3.05) is 28.0 Å². The van der Waals surface area contributed by atoms with E-state index in [1.165, 1.54) is 0 Å². The zero-order valence-electron chi connectivity index (χ0n) is 14.0. The maximum atomic E-state index is 8.53. The molecule has 0 aliphatic rings. The van der Waals surface area contributed by atoms with Gasteiger partial charge in [0.05, 0.1) is 6.10 Å². The lowest BCUT2D eigenvalue weighted by molar-refractivity contribution is -0.0519. The molecular formula is C14H37NO3. The highest BCUT2D eigenvalue weighted by Crippen LogP contribution is 2.09. The molecule has 0 saturated heterocycles. The maximum Gasteiger partial charge on any atom is 0.143 e. The minimum Gasteiger partial charge on any atom is -0.400 e. The molecule has 2 atom stereocenters. The van der Waals surface area contributed by atoms with Crippen LogP contribution in [0.4, 0.5) is 0 Å². The Balaban J connectivity index is -0.000000141. The lowest BCUT2D eigenvalue weighted by atomic mass is 10.1. The van der Waals surface area contributed by atoms with Crippen LogP contribution in [0.25, 0.3) is 0 Å². The molecule has 116 valence electrons. The third-order valence-corrected chi connectivity index (χ3v) is 2.16. The van der Waals surface area contributed by atoms with Crippen molar-refractivity contribution in [1.82, 2.24) is 4.90 Å². The summed E-state index contributed by atoms with van der Waals surface area (Å²) in [6.45, 7) is 12.0. The highest BCUT2D eigenvalue weighted by molar-refractivity contribution is 4.67. The van der Waals surface area contributed by atoms with Gasteiger partial charge in [0.15, 0.2) is 0 Å². The Morgan fingerprint density at radius 2 is 1.44 bits per heavy atom. The molecule has 0 aliphatic carbocycles. The predicted molar refractivity (Wildman–Crippen MR) is 80.9 cm³/mol. The molecule has 4 heteroatoms. The van der Waals surface area contributed by atoms with Gasteiger partial charge in [0.2, 0.25) is 0 Å². The van der Waals surface area contributed by atoms with Gasteiger partial charge in [0, 0.05) is 13.2 Å². The Morgan fingerprint density at radius 3 is 1.67 bits per heavy atom. The van der Waals surface area contributed by atoms with Gasteiger partial charge < -0.3 is 19.8 Å². The van der Waals surface area contributed by atoms with Crippen molar-refractivity contribution < 1.29 is 14.9 Å². The van der Waals surface area contributed by atoms with Gasteiger partial charge in [-0.25, -0.2) is 0 Å². The van der Waals surface area contributed by atoms with Crippen molar-refractivity contribution in [3.63, 3.8) is 0 Å². The van der Waals surface area contributed by atoms with E-state index in [1.54, 1.807) is 0 Å². The number of hydrogen-bond acceptors (Lipinski definition) is 4. The second kappa shape index (κ2) is 25.6. The summed E-state index contributed by atoms with van der Waals surface area (Å²) in [5.41, 5.74) is 0. The quantitative estimate of drug-likeness (QED) is 0.727. The van der Waals surface area contributed by atoms with Crippen molar-refractivity contribution >= 4 is 0 Å². The number of aliphatic hydroxyl groups is 2. The summed E-state index contributed by atoms with van der Waals surface area (Å²) < 4.78 is 5.05. The standard InChI is InChI=1S/C9H21NO2.2C2H6.CH4O/c1-5-9(10(3)4)6-8(2)12-7-11;3*1-2/h8-9,11H,5-7H2,1-4H3;2*1-2H3;2H,1H3. The second-order valence-corrected chi connectivity index (χ2v) is 3.37. The molecule has 0 aliphatic heterocycles. The van der Waals surface area contributed by atoms with E-state index in [2.05, 4.69) is 25.9 Å². The Bertz CT molecular complexity index is 111. The SMILES string of the molecule is CC.CC.CCC(CC(C)OCO)N(C)C.CO. The van der Waals surface area contributed by atoms with E-state index in [0.29, 0.717) is 6.04 Å². The Labute approximate surface area is 115 Å². The fourth-order valence-corrected chi connectivity index (χ4v) is 1.32. The monoisotopic (exact) mass is 267 g/mol. The highest BCUT2D eigenvalue weighted by atomic mass is 16.6. The average Bonchev–Trinajstić information content (AvgIpc) is 2.43. The lowest BCUT2D eigenvalue weighted by Crippen LogP contribution is -2.31. The van der Waals surface area contributed by atoms with Crippen LogP contribution >= 0.6 is 0 Å². The van der Waals surface area contributed by atoms with Crippen LogP contribution in [0.3, 0.4) is 0 Å². The van der Waals surface area contributed by atoms with Crippen LogP contribution in [-0.4, -0.2) is 55.3 Å². The molecule has 0 rings (SSSR count). The summed E-state index contributed by atoms with van der Waals surface area (Å²) in [6, 6.07) is 0.548. The molecule has 0 fully saturated rings. The zero-order valence-corrected chi connectivity index (χ0v) is 14.0. The van der Waals surface area contributed by atoms with Crippen LogP contribution in [0.15, 0.2) is 0 Å². The molecule has 0 bridgehead atoms. The van der Waals surface area contributed by atoms with E-state index >= 15 is 0 Å². The summed E-state index contributed by atoms with van der Waals surface area (Å²) in [6.07, 6.45) is 2.23. The van der Waals surface area contributed by atoms with E-state index in [9.17, 15) is 0 Å². The first-order chi connectivity index (χ1) is 8.61. The van der Waals surface area contributed by atoms with Crippen molar-refractivity contribution in [3.8, 4) is 0 Å². The van der Waals surface area contributed by atoms with Crippen molar-refractivity contribution in [3.05, 3.63) is 0 Å². The van der Waals surface area contributed by atoms with Crippen LogP contribution in [-0.2, 0) is 4.74 Å². The van der Waals surface area contributed by atoms with Crippen LogP contribution in [0, 0.1) is 0 Å². The minimum absolute atomic E-state index is 0.141. The van der Waals surface area contributed by atoms with Crippen molar-refractivity contribution in [2.45, 2.75) is 66.5 Å². The molecule has 0 aromatic heterocycles. The zero-order chi connectivity index (χ0) is 15.6. The van der Waals surface area contributed by atoms with Gasteiger partial charge in [-0.15, -0.1) is 0 Å². The summed E-state index contributed by atoms with van der Waals surface area (Å²) in [5, 5.41) is 15.5. The molecule has 0 aromatic rings. The third-order valence-electron chi connectivity index (χ3n) is 2.16. The van der Waals surface area contributed by atoms with Crippen molar-refractivity contribution in [2.24, 2.45) is 0 Å². The summed E-state index contributed by atoms with van der Waals surface area (Å²) in [4.78, 5) is 2.19. The average molecular weight is 267 g/mol. The second-order valence-electron chi connectivity index (χ2n) is 3.37. The molecule has 2 unspecified atom stereocenters. The Hall–Kier alpha value is -0.160. The van der Waals surface area contributed by atoms with Crippen LogP contribution < -0.4 is 0 Å². The first-order valence-corrected chi connectivity index (χ1v) is 6.95. The van der Waals surface area contributed by atoms with Gasteiger partial charge in [-0.3, -0.25) is 0 Å². The van der Waals surface area contributed by atoms with Gasteiger partial charge >= 0.3 is 0 Å². The number of ether oxygens (including phenoxy) is 1. The van der Waals surface area contributed by atoms with Crippen molar-refractivity contribution in [1.29, 1.82) is 0 Å². The molecule has 4 nitrogen and oxygen atoms in total. The van der Waals surface area contributed by atoms with Gasteiger partial charge in [0.25, 0.3) is 0 Å². The van der Waals surface area contributed by atoms with Gasteiger partial charge in [-0.05, 0) is 33.9 Å². The number of rotatable bonds is 6. The van der Waals surface area contributed by atoms with E-state index in [0.717, 1.165) is 20.0 Å². The first-order valence-electron chi connectivity index (χ1n) is 6.95. The summed E-state index contributed by atoms with van der Waals surface area (Å²) >= 11 is 0. The fourth-order valence-electron chi connectivity index (χ4n) is 1.32. The molecule has 0 radical (unpaired) electrons. The van der Waals surface area contributed by atoms with E-state index in [1.807, 2.05) is 34.6 Å².